The molecule has 1 aliphatic rings. The van der Waals surface area contributed by atoms with Gasteiger partial charge < -0.3 is 4.74 Å². The van der Waals surface area contributed by atoms with Crippen LogP contribution < -0.4 is 5.30 Å². The Kier molecular flexibility index (Phi) is 5.14. The van der Waals surface area contributed by atoms with Crippen LogP contribution in [0.5, 0.6) is 0 Å². The van der Waals surface area contributed by atoms with Crippen LogP contribution >= 0.6 is 20.0 Å². The SMILES string of the molecule is C=Pc1ccnc(C)c1CSC[C@H]1O[C@@H](C)CC1=O. The van der Waals surface area contributed by atoms with Crippen LogP contribution in [-0.2, 0) is 15.3 Å². The molecule has 2 rings (SSSR count). The number of aryl methyl sites for hydroxylation is 1. The fourth-order valence-corrected chi connectivity index (χ4v) is 4.01. The van der Waals surface area contributed by atoms with Crippen LogP contribution in [0.3, 0.4) is 0 Å². The Bertz CT molecular complexity index is 492. The first-order valence-electron chi connectivity index (χ1n) is 6.29. The van der Waals surface area contributed by atoms with Crippen molar-refractivity contribution in [1.82, 2.24) is 4.98 Å². The number of hydrogen-bond donors (Lipinski definition) is 0. The molecule has 1 aromatic rings. The van der Waals surface area contributed by atoms with Crippen LogP contribution in [0.1, 0.15) is 24.6 Å². The second-order valence-electron chi connectivity index (χ2n) is 4.67. The summed E-state index contributed by atoms with van der Waals surface area (Å²) in [5.74, 6) is 1.82. The maximum absolute atomic E-state index is 11.7. The van der Waals surface area contributed by atoms with Crippen LogP contribution in [0, 0.1) is 6.92 Å². The molecule has 0 saturated carbocycles. The molecule has 0 aliphatic carbocycles. The molecular formula is C14H18NO2PS. The van der Waals surface area contributed by atoms with Crippen molar-refractivity contribution >= 4 is 37.4 Å². The maximum Gasteiger partial charge on any atom is 0.164 e. The number of rotatable bonds is 5. The highest BCUT2D eigenvalue weighted by molar-refractivity contribution is 7.98. The van der Waals surface area contributed by atoms with E-state index in [1.165, 1.54) is 10.9 Å². The van der Waals surface area contributed by atoms with Gasteiger partial charge in [0.2, 0.25) is 0 Å². The van der Waals surface area contributed by atoms with E-state index < -0.39 is 0 Å². The van der Waals surface area contributed by atoms with Crippen molar-refractivity contribution in [2.75, 3.05) is 5.75 Å². The number of carbonyl (C=O) groups is 1. The number of pyridine rings is 1. The molecule has 2 heterocycles. The van der Waals surface area contributed by atoms with Gasteiger partial charge in [-0.2, -0.15) is 11.8 Å². The minimum atomic E-state index is -0.224. The first-order valence-corrected chi connectivity index (χ1v) is 8.52. The van der Waals surface area contributed by atoms with Crippen LogP contribution in [0.4, 0.5) is 0 Å². The van der Waals surface area contributed by atoms with E-state index >= 15 is 0 Å². The zero-order chi connectivity index (χ0) is 13.8. The Morgan fingerprint density at radius 2 is 2.42 bits per heavy atom. The van der Waals surface area contributed by atoms with Crippen LogP contribution in [0.15, 0.2) is 12.3 Å². The van der Waals surface area contributed by atoms with Crippen molar-refractivity contribution in [3.8, 4) is 0 Å². The fourth-order valence-electron chi connectivity index (χ4n) is 2.13. The second-order valence-corrected chi connectivity index (χ2v) is 6.50. The highest BCUT2D eigenvalue weighted by Gasteiger charge is 2.30. The molecule has 0 spiro atoms. The lowest BCUT2D eigenvalue weighted by molar-refractivity contribution is -0.121. The van der Waals surface area contributed by atoms with E-state index in [1.54, 1.807) is 11.8 Å². The minimum Gasteiger partial charge on any atom is -0.366 e. The maximum atomic E-state index is 11.7. The Hall–Kier alpha value is -0.700. The number of ether oxygens (including phenoxy) is 1. The second kappa shape index (κ2) is 6.65. The van der Waals surface area contributed by atoms with Gasteiger partial charge in [0.1, 0.15) is 6.10 Å². The fraction of sp³-hybridized carbons (Fsp3) is 0.500. The van der Waals surface area contributed by atoms with Gasteiger partial charge in [0.25, 0.3) is 0 Å². The molecule has 0 amide bonds. The van der Waals surface area contributed by atoms with Crippen molar-refractivity contribution in [3.63, 3.8) is 0 Å². The molecule has 3 nitrogen and oxygen atoms in total. The molecule has 5 heteroatoms. The van der Waals surface area contributed by atoms with Crippen molar-refractivity contribution in [1.29, 1.82) is 0 Å². The molecule has 0 bridgehead atoms. The standard InChI is InChI=1S/C14H18NO2PS/c1-9-6-12(16)13(17-9)8-19-7-11-10(2)15-5-4-14(11)18-3/h4-5,9,13H,3,6-8H2,1-2H3/t9-,13+/m0/s1. The lowest BCUT2D eigenvalue weighted by Gasteiger charge is -2.11. The number of aromatic nitrogens is 1. The van der Waals surface area contributed by atoms with E-state index in [2.05, 4.69) is 11.3 Å². The predicted molar refractivity (Wildman–Crippen MR) is 82.8 cm³/mol. The molecular weight excluding hydrogens is 277 g/mol. The first kappa shape index (κ1) is 14.7. The molecule has 1 aromatic heterocycles. The summed E-state index contributed by atoms with van der Waals surface area (Å²) in [6.07, 6.45) is 6.15. The van der Waals surface area contributed by atoms with Gasteiger partial charge >= 0.3 is 0 Å². The molecule has 19 heavy (non-hydrogen) atoms. The summed E-state index contributed by atoms with van der Waals surface area (Å²) in [4.78, 5) is 16.0. The molecule has 102 valence electrons. The molecule has 1 aliphatic heterocycles. The third-order valence-corrected chi connectivity index (χ3v) is 4.97. The van der Waals surface area contributed by atoms with E-state index in [4.69, 9.17) is 4.74 Å². The molecule has 0 radical (unpaired) electrons. The van der Waals surface area contributed by atoms with E-state index in [-0.39, 0.29) is 18.0 Å². The number of ketones is 1. The van der Waals surface area contributed by atoms with Gasteiger partial charge in [-0.1, -0.05) is 14.5 Å². The Morgan fingerprint density at radius 1 is 1.63 bits per heavy atom. The summed E-state index contributed by atoms with van der Waals surface area (Å²) in [5.41, 5.74) is 2.29. The summed E-state index contributed by atoms with van der Waals surface area (Å²) in [6.45, 7) is 3.97. The van der Waals surface area contributed by atoms with Crippen LogP contribution in [0.25, 0.3) is 0 Å². The molecule has 0 aromatic carbocycles. The van der Waals surface area contributed by atoms with Crippen LogP contribution in [-0.4, -0.2) is 35.0 Å². The van der Waals surface area contributed by atoms with E-state index in [0.717, 1.165) is 25.4 Å². The largest absolute Gasteiger partial charge is 0.366 e. The summed E-state index contributed by atoms with van der Waals surface area (Å²) < 4.78 is 5.60. The number of carbonyl (C=O) groups excluding carboxylic acids is 1. The smallest absolute Gasteiger partial charge is 0.164 e. The van der Waals surface area contributed by atoms with Gasteiger partial charge in [-0.05, 0) is 25.5 Å². The van der Waals surface area contributed by atoms with Gasteiger partial charge in [-0.25, -0.2) is 0 Å². The molecule has 0 unspecified atom stereocenters. The van der Waals surface area contributed by atoms with E-state index in [0.29, 0.717) is 6.42 Å². The van der Waals surface area contributed by atoms with Crippen molar-refractivity contribution in [2.24, 2.45) is 0 Å². The summed E-state index contributed by atoms with van der Waals surface area (Å²) in [6, 6.07) is 2.01. The number of hydrogen-bond acceptors (Lipinski definition) is 4. The Morgan fingerprint density at radius 3 is 3.05 bits per heavy atom. The number of thioether (sulfide) groups is 1. The van der Waals surface area contributed by atoms with Crippen molar-refractivity contribution in [3.05, 3.63) is 23.5 Å². The monoisotopic (exact) mass is 295 g/mol. The molecule has 1 fully saturated rings. The quantitative estimate of drug-likeness (QED) is 0.782. The predicted octanol–water partition coefficient (Wildman–Crippen LogP) is 2.37. The average Bonchev–Trinajstić information content (AvgIpc) is 2.70. The average molecular weight is 295 g/mol. The minimum absolute atomic E-state index is 0.0761. The number of Topliss-reactive ketones (excluding diaryl/α,β-unsaturated/α-hetero) is 1. The topological polar surface area (TPSA) is 39.2 Å². The molecule has 1 saturated heterocycles. The zero-order valence-electron chi connectivity index (χ0n) is 11.3. The number of nitrogens with zero attached hydrogens (tertiary/aromatic N) is 1. The van der Waals surface area contributed by atoms with Gasteiger partial charge in [0.15, 0.2) is 5.78 Å². The van der Waals surface area contributed by atoms with E-state index in [9.17, 15) is 4.79 Å². The van der Waals surface area contributed by atoms with Crippen molar-refractivity contribution in [2.45, 2.75) is 38.2 Å². The van der Waals surface area contributed by atoms with Gasteiger partial charge in [-0.3, -0.25) is 9.78 Å². The first-order chi connectivity index (χ1) is 9.11. The highest BCUT2D eigenvalue weighted by Crippen LogP contribution is 2.22. The summed E-state index contributed by atoms with van der Waals surface area (Å²) in [7, 11) is 1.01. The van der Waals surface area contributed by atoms with Gasteiger partial charge in [0, 0.05) is 35.1 Å². The van der Waals surface area contributed by atoms with Crippen molar-refractivity contribution < 1.29 is 9.53 Å². The normalized spacial score (nSPS) is 23.2. The zero-order valence-corrected chi connectivity index (χ0v) is 13.0. The Labute approximate surface area is 120 Å². The lowest BCUT2D eigenvalue weighted by Crippen LogP contribution is -2.19. The highest BCUT2D eigenvalue weighted by atomic mass is 32.2. The third kappa shape index (κ3) is 3.65. The van der Waals surface area contributed by atoms with Gasteiger partial charge in [-0.15, -0.1) is 0 Å². The molecule has 0 N–H and O–H groups in total. The summed E-state index contributed by atoms with van der Waals surface area (Å²) in [5, 5.41) is 1.21. The summed E-state index contributed by atoms with van der Waals surface area (Å²) >= 11 is 1.74. The third-order valence-electron chi connectivity index (χ3n) is 3.18. The van der Waals surface area contributed by atoms with Gasteiger partial charge in [0.05, 0.1) is 6.10 Å². The van der Waals surface area contributed by atoms with E-state index in [1.807, 2.05) is 26.1 Å². The van der Waals surface area contributed by atoms with Crippen LogP contribution in [0.2, 0.25) is 0 Å². The molecule has 2 atom stereocenters. The lowest BCUT2D eigenvalue weighted by atomic mass is 10.2. The Balaban J connectivity index is 1.93.